The summed E-state index contributed by atoms with van der Waals surface area (Å²) in [6.07, 6.45) is 1.83. The van der Waals surface area contributed by atoms with E-state index in [0.29, 0.717) is 5.56 Å². The molecule has 29 heavy (non-hydrogen) atoms. The summed E-state index contributed by atoms with van der Waals surface area (Å²) in [5, 5.41) is 4.89. The number of hydrogen-bond donors (Lipinski definition) is 2. The van der Waals surface area contributed by atoms with E-state index in [9.17, 15) is 14.4 Å². The first-order valence-electron chi connectivity index (χ1n) is 8.77. The van der Waals surface area contributed by atoms with Gasteiger partial charge in [-0.3, -0.25) is 9.59 Å². The van der Waals surface area contributed by atoms with Crippen molar-refractivity contribution in [1.29, 1.82) is 0 Å². The predicted molar refractivity (Wildman–Crippen MR) is 105 cm³/mol. The van der Waals surface area contributed by atoms with E-state index in [2.05, 4.69) is 20.6 Å². The Morgan fingerprint density at radius 2 is 1.62 bits per heavy atom. The molecule has 0 unspecified atom stereocenters. The Labute approximate surface area is 167 Å². The lowest BCUT2D eigenvalue weighted by atomic mass is 10.1. The van der Waals surface area contributed by atoms with Crippen LogP contribution in [0.1, 0.15) is 21.6 Å². The van der Waals surface area contributed by atoms with Gasteiger partial charge in [-0.1, -0.05) is 60.7 Å². The monoisotopic (exact) mass is 390 g/mol. The van der Waals surface area contributed by atoms with Gasteiger partial charge in [-0.15, -0.1) is 0 Å². The van der Waals surface area contributed by atoms with Gasteiger partial charge in [0, 0.05) is 5.56 Å². The van der Waals surface area contributed by atoms with Crippen LogP contribution in [-0.4, -0.2) is 34.3 Å². The highest BCUT2D eigenvalue weighted by Crippen LogP contribution is 2.15. The highest BCUT2D eigenvalue weighted by Gasteiger charge is 2.17. The Hall–Kier alpha value is -4.07. The molecule has 0 aliphatic carbocycles. The van der Waals surface area contributed by atoms with Gasteiger partial charge in [-0.2, -0.15) is 0 Å². The third-order valence-corrected chi connectivity index (χ3v) is 3.84. The van der Waals surface area contributed by atoms with Crippen LogP contribution < -0.4 is 10.6 Å². The summed E-state index contributed by atoms with van der Waals surface area (Å²) < 4.78 is 5.04. The van der Waals surface area contributed by atoms with Crippen molar-refractivity contribution in [1.82, 2.24) is 15.3 Å². The second kappa shape index (κ2) is 9.75. The maximum Gasteiger partial charge on any atom is 0.407 e. The molecule has 2 aromatic carbocycles. The Bertz CT molecular complexity index is 994. The van der Waals surface area contributed by atoms with E-state index in [-0.39, 0.29) is 30.3 Å². The molecular formula is C21H18N4O4. The molecule has 3 rings (SSSR count). The number of nitrogens with one attached hydrogen (secondary N) is 2. The molecule has 2 amide bonds. The molecular weight excluding hydrogens is 372 g/mol. The van der Waals surface area contributed by atoms with E-state index in [1.807, 2.05) is 30.3 Å². The average molecular weight is 390 g/mol. The van der Waals surface area contributed by atoms with Gasteiger partial charge in [-0.25, -0.2) is 14.8 Å². The minimum absolute atomic E-state index is 0.0613. The summed E-state index contributed by atoms with van der Waals surface area (Å²) in [5.74, 6) is -0.892. The number of alkyl carbamates (subject to hydrolysis) is 1. The zero-order valence-electron chi connectivity index (χ0n) is 15.4. The van der Waals surface area contributed by atoms with Crippen LogP contribution in [0.3, 0.4) is 0 Å². The molecule has 0 aliphatic heterocycles. The van der Waals surface area contributed by atoms with Crippen molar-refractivity contribution in [2.45, 2.75) is 6.61 Å². The molecule has 1 aromatic heterocycles. The number of hydrogen-bond acceptors (Lipinski definition) is 6. The molecule has 0 radical (unpaired) electrons. The summed E-state index contributed by atoms with van der Waals surface area (Å²) in [6, 6.07) is 17.7. The van der Waals surface area contributed by atoms with Crippen LogP contribution in [0.25, 0.3) is 0 Å². The first-order chi connectivity index (χ1) is 14.1. The Morgan fingerprint density at radius 1 is 0.931 bits per heavy atom. The highest BCUT2D eigenvalue weighted by molar-refractivity contribution is 6.12. The molecule has 3 aromatic rings. The quantitative estimate of drug-likeness (QED) is 0.600. The first-order valence-corrected chi connectivity index (χ1v) is 8.77. The van der Waals surface area contributed by atoms with E-state index in [1.165, 1.54) is 12.5 Å². The Kier molecular flexibility index (Phi) is 6.62. The van der Waals surface area contributed by atoms with Crippen molar-refractivity contribution in [3.05, 3.63) is 90.0 Å². The van der Waals surface area contributed by atoms with Crippen LogP contribution >= 0.6 is 0 Å². The number of rotatable bonds is 7. The average Bonchev–Trinajstić information content (AvgIpc) is 2.77. The number of nitrogens with zero attached hydrogens (tertiary/aromatic N) is 2. The first kappa shape index (κ1) is 19.7. The number of amides is 2. The van der Waals surface area contributed by atoms with E-state index in [0.717, 1.165) is 5.56 Å². The minimum atomic E-state index is -0.728. The van der Waals surface area contributed by atoms with Crippen molar-refractivity contribution < 1.29 is 19.1 Å². The Balaban J connectivity index is 1.54. The van der Waals surface area contributed by atoms with Gasteiger partial charge in [0.1, 0.15) is 25.2 Å². The van der Waals surface area contributed by atoms with Crippen molar-refractivity contribution in [2.24, 2.45) is 0 Å². The second-order valence-corrected chi connectivity index (χ2v) is 5.94. The van der Waals surface area contributed by atoms with E-state index in [4.69, 9.17) is 4.74 Å². The van der Waals surface area contributed by atoms with Gasteiger partial charge in [0.25, 0.3) is 0 Å². The smallest absolute Gasteiger partial charge is 0.407 e. The van der Waals surface area contributed by atoms with E-state index >= 15 is 0 Å². The molecule has 0 aliphatic rings. The molecule has 1 heterocycles. The molecule has 0 saturated carbocycles. The highest BCUT2D eigenvalue weighted by atomic mass is 16.5. The van der Waals surface area contributed by atoms with Crippen LogP contribution in [0, 0.1) is 0 Å². The lowest BCUT2D eigenvalue weighted by molar-refractivity contribution is -0.115. The summed E-state index contributed by atoms with van der Waals surface area (Å²) in [4.78, 5) is 44.3. The van der Waals surface area contributed by atoms with Crippen molar-refractivity contribution >= 4 is 23.5 Å². The maximum atomic E-state index is 12.6. The van der Waals surface area contributed by atoms with Gasteiger partial charge in [0.2, 0.25) is 11.7 Å². The minimum Gasteiger partial charge on any atom is -0.445 e. The van der Waals surface area contributed by atoms with Crippen molar-refractivity contribution in [2.75, 3.05) is 11.9 Å². The van der Waals surface area contributed by atoms with Crippen molar-refractivity contribution in [3.8, 4) is 0 Å². The van der Waals surface area contributed by atoms with Gasteiger partial charge < -0.3 is 15.4 Å². The predicted octanol–water partition coefficient (Wildman–Crippen LogP) is 2.57. The van der Waals surface area contributed by atoms with Crippen molar-refractivity contribution in [3.63, 3.8) is 0 Å². The molecule has 0 saturated heterocycles. The molecule has 8 nitrogen and oxygen atoms in total. The maximum absolute atomic E-state index is 12.6. The SMILES string of the molecule is O=C(CNC(=O)OCc1ccccc1)Nc1cncnc1C(=O)c1ccccc1. The molecule has 0 spiro atoms. The summed E-state index contributed by atoms with van der Waals surface area (Å²) in [7, 11) is 0. The number of ether oxygens (including phenoxy) is 1. The van der Waals surface area contributed by atoms with Gasteiger partial charge >= 0.3 is 6.09 Å². The summed E-state index contributed by atoms with van der Waals surface area (Å²) in [6.45, 7) is -0.238. The lowest BCUT2D eigenvalue weighted by Crippen LogP contribution is -2.33. The molecule has 146 valence electrons. The van der Waals surface area contributed by atoms with Gasteiger partial charge in [0.05, 0.1) is 11.9 Å². The van der Waals surface area contributed by atoms with Crippen LogP contribution in [0.15, 0.2) is 73.2 Å². The molecule has 2 N–H and O–H groups in total. The van der Waals surface area contributed by atoms with Crippen LogP contribution in [0.2, 0.25) is 0 Å². The fraction of sp³-hybridized carbons (Fsp3) is 0.0952. The van der Waals surface area contributed by atoms with Gasteiger partial charge in [0.15, 0.2) is 0 Å². The summed E-state index contributed by atoms with van der Waals surface area (Å²) >= 11 is 0. The number of benzene rings is 2. The van der Waals surface area contributed by atoms with Crippen LogP contribution in [0.4, 0.5) is 10.5 Å². The normalized spacial score (nSPS) is 10.1. The number of anilines is 1. The zero-order chi connectivity index (χ0) is 20.5. The van der Waals surface area contributed by atoms with E-state index < -0.39 is 12.0 Å². The molecule has 0 bridgehead atoms. The standard InChI is InChI=1S/C21H18N4O4/c26-18(12-23-21(28)29-13-15-7-3-1-4-8-15)25-17-11-22-14-24-19(17)20(27)16-9-5-2-6-10-16/h1-11,14H,12-13H2,(H,23,28)(H,25,26). The zero-order valence-corrected chi connectivity index (χ0v) is 15.4. The molecule has 0 atom stereocenters. The fourth-order valence-electron chi connectivity index (χ4n) is 2.45. The second-order valence-electron chi connectivity index (χ2n) is 5.94. The molecule has 8 heteroatoms. The lowest BCUT2D eigenvalue weighted by Gasteiger charge is -2.10. The van der Waals surface area contributed by atoms with Crippen LogP contribution in [-0.2, 0) is 16.1 Å². The van der Waals surface area contributed by atoms with Crippen LogP contribution in [0.5, 0.6) is 0 Å². The largest absolute Gasteiger partial charge is 0.445 e. The third-order valence-electron chi connectivity index (χ3n) is 3.84. The Morgan fingerprint density at radius 3 is 2.34 bits per heavy atom. The number of aromatic nitrogens is 2. The number of ketones is 1. The number of carbonyl (C=O) groups excluding carboxylic acids is 3. The number of carbonyl (C=O) groups is 3. The third kappa shape index (κ3) is 5.70. The van der Waals surface area contributed by atoms with E-state index in [1.54, 1.807) is 30.3 Å². The molecule has 0 fully saturated rings. The van der Waals surface area contributed by atoms with Gasteiger partial charge in [-0.05, 0) is 5.56 Å². The topological polar surface area (TPSA) is 110 Å². The summed E-state index contributed by atoms with van der Waals surface area (Å²) in [5.41, 5.74) is 1.49. The fourth-order valence-corrected chi connectivity index (χ4v) is 2.45.